The monoisotopic (exact) mass is 151 g/mol. The SMILES string of the molecule is O=[13C](O)/[13CH]=[13CH]/c1ccccc1. The van der Waals surface area contributed by atoms with Gasteiger partial charge >= 0.3 is 5.97 Å². The molecule has 0 spiro atoms. The van der Waals surface area contributed by atoms with E-state index in [0.29, 0.717) is 0 Å². The zero-order valence-electron chi connectivity index (χ0n) is 5.90. The summed E-state index contributed by atoms with van der Waals surface area (Å²) in [5, 5.41) is 8.29. The number of hydrogen-bond acceptors (Lipinski definition) is 1. The van der Waals surface area contributed by atoms with Gasteiger partial charge in [-0.05, 0) is 11.6 Å². The molecule has 0 saturated heterocycles. The van der Waals surface area contributed by atoms with Gasteiger partial charge in [-0.2, -0.15) is 0 Å². The molecular weight excluding hydrogens is 143 g/mol. The van der Waals surface area contributed by atoms with E-state index in [1.54, 1.807) is 6.08 Å². The Bertz CT molecular complexity index is 262. The Balaban J connectivity index is 2.72. The van der Waals surface area contributed by atoms with Crippen LogP contribution in [0.5, 0.6) is 0 Å². The fraction of sp³-hybridized carbons (Fsp3) is 0. The van der Waals surface area contributed by atoms with Crippen molar-refractivity contribution in [3.63, 3.8) is 0 Å². The third kappa shape index (κ3) is 2.67. The standard InChI is InChI=1S/C9H8O2/c10-9(11)7-6-8-4-2-1-3-5-8/h1-7H,(H,10,11)/b7-6+/i6+1,7+1,9+1. The summed E-state index contributed by atoms with van der Waals surface area (Å²) in [4.78, 5) is 10.1. The van der Waals surface area contributed by atoms with Gasteiger partial charge in [0.05, 0.1) is 0 Å². The van der Waals surface area contributed by atoms with Crippen molar-refractivity contribution < 1.29 is 9.90 Å². The third-order valence-corrected chi connectivity index (χ3v) is 1.22. The minimum atomic E-state index is -0.922. The first-order valence-electron chi connectivity index (χ1n) is 3.25. The summed E-state index contributed by atoms with van der Waals surface area (Å²) in [6.07, 6.45) is 2.68. The molecule has 0 saturated carbocycles. The molecule has 0 unspecified atom stereocenters. The van der Waals surface area contributed by atoms with Gasteiger partial charge in [0, 0.05) is 6.08 Å². The molecule has 0 aliphatic heterocycles. The Labute approximate surface area is 64.8 Å². The Morgan fingerprint density at radius 1 is 1.27 bits per heavy atom. The molecule has 1 N–H and O–H groups in total. The zero-order valence-corrected chi connectivity index (χ0v) is 5.90. The van der Waals surface area contributed by atoms with Crippen molar-refractivity contribution in [2.75, 3.05) is 0 Å². The average molecular weight is 151 g/mol. The first kappa shape index (κ1) is 7.54. The maximum Gasteiger partial charge on any atom is 0.328 e. The smallest absolute Gasteiger partial charge is 0.328 e. The number of rotatable bonds is 2. The van der Waals surface area contributed by atoms with Crippen LogP contribution in [0.1, 0.15) is 5.56 Å². The molecule has 0 amide bonds. The van der Waals surface area contributed by atoms with Gasteiger partial charge in [-0.1, -0.05) is 30.3 Å². The molecule has 2 nitrogen and oxygen atoms in total. The fourth-order valence-corrected chi connectivity index (χ4v) is 0.732. The maximum absolute atomic E-state index is 10.1. The molecule has 0 radical (unpaired) electrons. The summed E-state index contributed by atoms with van der Waals surface area (Å²) in [6, 6.07) is 9.31. The highest BCUT2D eigenvalue weighted by atomic mass is 16.5. The highest BCUT2D eigenvalue weighted by Crippen LogP contribution is 1.99. The minimum Gasteiger partial charge on any atom is -0.478 e. The van der Waals surface area contributed by atoms with E-state index in [2.05, 4.69) is 0 Å². The van der Waals surface area contributed by atoms with Crippen molar-refractivity contribution in [3.8, 4) is 0 Å². The molecular formula is C9H8O2. The highest BCUT2D eigenvalue weighted by molar-refractivity contribution is 5.85. The van der Waals surface area contributed by atoms with Crippen molar-refractivity contribution in [1.82, 2.24) is 0 Å². The lowest BCUT2D eigenvalue weighted by Crippen LogP contribution is -1.85. The molecule has 0 aliphatic rings. The maximum atomic E-state index is 10.1. The Kier molecular flexibility index (Phi) is 2.44. The lowest BCUT2D eigenvalue weighted by atomic mass is 10.3. The number of carbonyl (C=O) groups is 1. The quantitative estimate of drug-likeness (QED) is 0.516. The predicted molar refractivity (Wildman–Crippen MR) is 43.1 cm³/mol. The normalized spacial score (nSPS) is 10.2. The summed E-state index contributed by atoms with van der Waals surface area (Å²) >= 11 is 0. The van der Waals surface area contributed by atoms with Gasteiger partial charge < -0.3 is 5.11 Å². The van der Waals surface area contributed by atoms with E-state index in [4.69, 9.17) is 5.11 Å². The second-order valence-electron chi connectivity index (χ2n) is 2.08. The van der Waals surface area contributed by atoms with Gasteiger partial charge in [-0.3, -0.25) is 0 Å². The van der Waals surface area contributed by atoms with Crippen LogP contribution in [0.4, 0.5) is 0 Å². The number of benzene rings is 1. The molecule has 0 aliphatic carbocycles. The van der Waals surface area contributed by atoms with Crippen LogP contribution in [0.3, 0.4) is 0 Å². The lowest BCUT2D eigenvalue weighted by molar-refractivity contribution is -0.131. The van der Waals surface area contributed by atoms with Crippen LogP contribution in [0.2, 0.25) is 0 Å². The first-order valence-corrected chi connectivity index (χ1v) is 3.25. The number of hydrogen-bond donors (Lipinski definition) is 1. The Morgan fingerprint density at radius 2 is 1.91 bits per heavy atom. The number of carboxylic acid groups (broad SMARTS) is 1. The van der Waals surface area contributed by atoms with Crippen molar-refractivity contribution in [2.45, 2.75) is 0 Å². The minimum absolute atomic E-state index is 0.898. The van der Waals surface area contributed by atoms with E-state index in [1.807, 2.05) is 30.3 Å². The largest absolute Gasteiger partial charge is 0.478 e. The van der Waals surface area contributed by atoms with E-state index in [1.165, 1.54) is 0 Å². The van der Waals surface area contributed by atoms with Crippen LogP contribution >= 0.6 is 0 Å². The van der Waals surface area contributed by atoms with E-state index >= 15 is 0 Å². The van der Waals surface area contributed by atoms with Gasteiger partial charge in [0.15, 0.2) is 0 Å². The molecule has 0 atom stereocenters. The Hall–Kier alpha value is -1.57. The van der Waals surface area contributed by atoms with E-state index < -0.39 is 5.97 Å². The van der Waals surface area contributed by atoms with Gasteiger partial charge in [0.25, 0.3) is 0 Å². The molecule has 1 aromatic carbocycles. The Morgan fingerprint density at radius 3 is 2.45 bits per heavy atom. The van der Waals surface area contributed by atoms with Gasteiger partial charge in [-0.25, -0.2) is 4.79 Å². The van der Waals surface area contributed by atoms with Gasteiger partial charge in [0.2, 0.25) is 0 Å². The van der Waals surface area contributed by atoms with Crippen LogP contribution in [0, 0.1) is 0 Å². The van der Waals surface area contributed by atoms with Crippen LogP contribution in [0.15, 0.2) is 36.4 Å². The molecule has 0 heterocycles. The van der Waals surface area contributed by atoms with Crippen LogP contribution in [-0.2, 0) is 4.79 Å². The third-order valence-electron chi connectivity index (χ3n) is 1.22. The number of aliphatic carboxylic acids is 1. The van der Waals surface area contributed by atoms with Crippen LogP contribution in [-0.4, -0.2) is 11.1 Å². The van der Waals surface area contributed by atoms with Crippen molar-refractivity contribution >= 4 is 12.0 Å². The second kappa shape index (κ2) is 3.56. The van der Waals surface area contributed by atoms with Crippen molar-refractivity contribution in [2.24, 2.45) is 0 Å². The summed E-state index contributed by atoms with van der Waals surface area (Å²) < 4.78 is 0. The summed E-state index contributed by atoms with van der Waals surface area (Å²) in [7, 11) is 0. The van der Waals surface area contributed by atoms with E-state index in [9.17, 15) is 4.79 Å². The van der Waals surface area contributed by atoms with Crippen LogP contribution in [0.25, 0.3) is 6.08 Å². The van der Waals surface area contributed by atoms with E-state index in [0.717, 1.165) is 11.6 Å². The fourth-order valence-electron chi connectivity index (χ4n) is 0.732. The second-order valence-corrected chi connectivity index (χ2v) is 2.08. The predicted octanol–water partition coefficient (Wildman–Crippen LogP) is 1.78. The summed E-state index contributed by atoms with van der Waals surface area (Å²) in [5.74, 6) is -0.922. The van der Waals surface area contributed by atoms with Crippen molar-refractivity contribution in [1.29, 1.82) is 0 Å². The first-order chi connectivity index (χ1) is 5.29. The molecule has 0 fully saturated rings. The van der Waals surface area contributed by atoms with E-state index in [-0.39, 0.29) is 0 Å². The molecule has 1 aromatic rings. The number of carboxylic acids is 1. The van der Waals surface area contributed by atoms with Crippen LogP contribution < -0.4 is 0 Å². The topological polar surface area (TPSA) is 37.3 Å². The van der Waals surface area contributed by atoms with Crippen molar-refractivity contribution in [3.05, 3.63) is 42.0 Å². The average Bonchev–Trinajstić information content (AvgIpc) is 2.03. The van der Waals surface area contributed by atoms with Gasteiger partial charge in [0.1, 0.15) is 0 Å². The summed E-state index contributed by atoms with van der Waals surface area (Å²) in [5.41, 5.74) is 0.898. The van der Waals surface area contributed by atoms with Gasteiger partial charge in [-0.15, -0.1) is 0 Å². The lowest BCUT2D eigenvalue weighted by Gasteiger charge is -1.87. The molecule has 0 aromatic heterocycles. The molecule has 2 heteroatoms. The highest BCUT2D eigenvalue weighted by Gasteiger charge is 1.85. The molecule has 56 valence electrons. The molecule has 11 heavy (non-hydrogen) atoms. The molecule has 0 bridgehead atoms. The summed E-state index contributed by atoms with van der Waals surface area (Å²) in [6.45, 7) is 0. The molecule has 1 rings (SSSR count). The zero-order chi connectivity index (χ0) is 8.10.